The molecule has 7 nitrogen and oxygen atoms in total. The van der Waals surface area contributed by atoms with Gasteiger partial charge in [-0.3, -0.25) is 4.79 Å². The number of halogens is 4. The zero-order chi connectivity index (χ0) is 21.3. The maximum absolute atomic E-state index is 13.5. The molecule has 156 valence electrons. The third-order valence-corrected chi connectivity index (χ3v) is 4.32. The minimum atomic E-state index is -4.73. The van der Waals surface area contributed by atoms with Crippen LogP contribution in [0.5, 0.6) is 17.4 Å². The van der Waals surface area contributed by atoms with Gasteiger partial charge in [-0.1, -0.05) is 0 Å². The van der Waals surface area contributed by atoms with E-state index in [0.717, 1.165) is 23.1 Å². The van der Waals surface area contributed by atoms with Crippen LogP contribution in [-0.4, -0.2) is 51.4 Å². The third kappa shape index (κ3) is 4.57. The molecule has 1 fully saturated rings. The highest BCUT2D eigenvalue weighted by atomic mass is 19.4. The van der Waals surface area contributed by atoms with Crippen molar-refractivity contribution in [2.45, 2.75) is 25.0 Å². The van der Waals surface area contributed by atoms with Crippen LogP contribution in [0.2, 0.25) is 0 Å². The number of aromatic nitrogens is 1. The lowest BCUT2D eigenvalue weighted by Crippen LogP contribution is -2.29. The summed E-state index contributed by atoms with van der Waals surface area (Å²) in [6.45, 7) is -0.702. The molecule has 0 radical (unpaired) electrons. The second-order valence-electron chi connectivity index (χ2n) is 6.48. The Hall–Kier alpha value is -2.92. The fraction of sp³-hybridized carbons (Fsp3) is 0.333. The fourth-order valence-corrected chi connectivity index (χ4v) is 2.81. The number of hydrogen-bond donors (Lipinski definition) is 3. The third-order valence-electron chi connectivity index (χ3n) is 4.32. The van der Waals surface area contributed by atoms with Gasteiger partial charge < -0.3 is 25.6 Å². The lowest BCUT2D eigenvalue weighted by molar-refractivity contribution is -0.141. The smallest absolute Gasteiger partial charge is 0.433 e. The van der Waals surface area contributed by atoms with Crippen molar-refractivity contribution in [2.24, 2.45) is 5.73 Å². The summed E-state index contributed by atoms with van der Waals surface area (Å²) in [6, 6.07) is 5.40. The predicted octanol–water partition coefficient (Wildman–Crippen LogP) is 2.21. The molecule has 11 heteroatoms. The molecular formula is C18H17F4N3O4. The SMILES string of the molecule is NCc1cc(Oc2cc(C(=O)N3C[C@H](O)[C@@H](F)C3)ccc2O)nc(C(F)(F)F)c1. The Balaban J connectivity index is 1.89. The number of pyridine rings is 1. The van der Waals surface area contributed by atoms with E-state index in [4.69, 9.17) is 10.5 Å². The molecule has 1 aliphatic rings. The van der Waals surface area contributed by atoms with E-state index >= 15 is 0 Å². The van der Waals surface area contributed by atoms with Gasteiger partial charge in [0.05, 0.1) is 6.54 Å². The largest absolute Gasteiger partial charge is 0.504 e. The fourth-order valence-electron chi connectivity index (χ4n) is 2.81. The molecule has 1 aromatic heterocycles. The van der Waals surface area contributed by atoms with E-state index in [2.05, 4.69) is 4.98 Å². The van der Waals surface area contributed by atoms with Crippen molar-refractivity contribution in [2.75, 3.05) is 13.1 Å². The Morgan fingerprint density at radius 1 is 1.28 bits per heavy atom. The van der Waals surface area contributed by atoms with Crippen molar-refractivity contribution >= 4 is 5.91 Å². The van der Waals surface area contributed by atoms with Gasteiger partial charge in [0.1, 0.15) is 18.0 Å². The van der Waals surface area contributed by atoms with Crippen molar-refractivity contribution in [3.8, 4) is 17.4 Å². The molecule has 0 bridgehead atoms. The van der Waals surface area contributed by atoms with Crippen LogP contribution in [0.4, 0.5) is 17.6 Å². The van der Waals surface area contributed by atoms with Gasteiger partial charge in [0.25, 0.3) is 5.91 Å². The summed E-state index contributed by atoms with van der Waals surface area (Å²) in [5, 5.41) is 19.4. The Morgan fingerprint density at radius 3 is 2.59 bits per heavy atom. The summed E-state index contributed by atoms with van der Waals surface area (Å²) in [5.41, 5.74) is 4.29. The molecule has 29 heavy (non-hydrogen) atoms. The van der Waals surface area contributed by atoms with Gasteiger partial charge in [-0.05, 0) is 29.8 Å². The average molecular weight is 415 g/mol. The maximum atomic E-state index is 13.5. The normalized spacial score (nSPS) is 19.4. The quantitative estimate of drug-likeness (QED) is 0.661. The van der Waals surface area contributed by atoms with E-state index in [1.54, 1.807) is 0 Å². The number of phenolic OH excluding ortho intramolecular Hbond substituents is 1. The number of β-amino-alcohol motifs (C(OH)–C–C–N with tert-alkyl or cyclic N) is 1. The van der Waals surface area contributed by atoms with Gasteiger partial charge in [0.2, 0.25) is 5.88 Å². The van der Waals surface area contributed by atoms with Crippen LogP contribution < -0.4 is 10.5 Å². The van der Waals surface area contributed by atoms with Crippen LogP contribution in [0.15, 0.2) is 30.3 Å². The first kappa shape index (κ1) is 20.8. The molecule has 0 aliphatic carbocycles. The van der Waals surface area contributed by atoms with E-state index in [9.17, 15) is 32.6 Å². The first-order valence-corrected chi connectivity index (χ1v) is 8.49. The van der Waals surface area contributed by atoms with Crippen LogP contribution >= 0.6 is 0 Å². The highest BCUT2D eigenvalue weighted by Crippen LogP contribution is 2.34. The molecule has 0 unspecified atom stereocenters. The Kier molecular flexibility index (Phi) is 5.62. The summed E-state index contributed by atoms with van der Waals surface area (Å²) in [6.07, 6.45) is -7.60. The highest BCUT2D eigenvalue weighted by molar-refractivity contribution is 5.95. The minimum Gasteiger partial charge on any atom is -0.504 e. The number of carbonyl (C=O) groups is 1. The van der Waals surface area contributed by atoms with Gasteiger partial charge in [-0.15, -0.1) is 0 Å². The number of likely N-dealkylation sites (tertiary alicyclic amines) is 1. The first-order valence-electron chi connectivity index (χ1n) is 8.49. The predicted molar refractivity (Wildman–Crippen MR) is 92.1 cm³/mol. The molecule has 2 aromatic rings. The van der Waals surface area contributed by atoms with Crippen LogP contribution in [0.1, 0.15) is 21.6 Å². The monoisotopic (exact) mass is 415 g/mol. The molecule has 1 amide bonds. The van der Waals surface area contributed by atoms with Crippen molar-refractivity contribution in [3.05, 3.63) is 47.2 Å². The number of nitrogens with zero attached hydrogens (tertiary/aromatic N) is 2. The second-order valence-corrected chi connectivity index (χ2v) is 6.48. The molecule has 4 N–H and O–H groups in total. The summed E-state index contributed by atoms with van der Waals surface area (Å²) >= 11 is 0. The number of aliphatic hydroxyl groups is 1. The van der Waals surface area contributed by atoms with Crippen molar-refractivity contribution in [3.63, 3.8) is 0 Å². The standard InChI is InChI=1S/C18H17F4N3O4/c19-11-7-25(8-13(11)27)17(28)10-1-2-12(26)14(5-10)29-16-4-9(6-23)3-15(24-16)18(20,21)22/h1-5,11,13,26-27H,6-8,23H2/t11-,13-/m0/s1. The van der Waals surface area contributed by atoms with Gasteiger partial charge >= 0.3 is 6.18 Å². The topological polar surface area (TPSA) is 109 Å². The number of aliphatic hydroxyl groups excluding tert-OH is 1. The summed E-state index contributed by atoms with van der Waals surface area (Å²) in [5.74, 6) is -1.86. The molecule has 0 saturated carbocycles. The molecule has 3 rings (SSSR count). The number of nitrogens with two attached hydrogens (primary N) is 1. The Morgan fingerprint density at radius 2 is 2.00 bits per heavy atom. The van der Waals surface area contributed by atoms with Crippen molar-refractivity contribution < 1.29 is 37.3 Å². The number of rotatable bonds is 4. The van der Waals surface area contributed by atoms with E-state index in [1.807, 2.05) is 0 Å². The molecule has 1 aromatic carbocycles. The van der Waals surface area contributed by atoms with Crippen LogP contribution in [-0.2, 0) is 12.7 Å². The Bertz CT molecular complexity index is 912. The molecule has 1 saturated heterocycles. The first-order chi connectivity index (χ1) is 13.6. The van der Waals surface area contributed by atoms with E-state index in [-0.39, 0.29) is 36.5 Å². The number of phenols is 1. The maximum Gasteiger partial charge on any atom is 0.433 e. The summed E-state index contributed by atoms with van der Waals surface area (Å²) in [7, 11) is 0. The molecule has 1 aliphatic heterocycles. The number of benzene rings is 1. The van der Waals surface area contributed by atoms with Crippen LogP contribution in [0, 0.1) is 0 Å². The number of ether oxygens (including phenoxy) is 1. The van der Waals surface area contributed by atoms with Gasteiger partial charge in [-0.2, -0.15) is 13.2 Å². The van der Waals surface area contributed by atoms with Gasteiger partial charge in [0.15, 0.2) is 11.5 Å². The second kappa shape index (κ2) is 7.84. The number of carbonyl (C=O) groups excluding carboxylic acids is 1. The van der Waals surface area contributed by atoms with E-state index in [1.165, 1.54) is 12.1 Å². The molecule has 2 atom stereocenters. The van der Waals surface area contributed by atoms with Crippen LogP contribution in [0.3, 0.4) is 0 Å². The summed E-state index contributed by atoms with van der Waals surface area (Å²) in [4.78, 5) is 16.9. The van der Waals surface area contributed by atoms with Gasteiger partial charge in [0, 0.05) is 24.7 Å². The van der Waals surface area contributed by atoms with Crippen molar-refractivity contribution in [1.82, 2.24) is 9.88 Å². The zero-order valence-corrected chi connectivity index (χ0v) is 14.9. The lowest BCUT2D eigenvalue weighted by Gasteiger charge is -2.16. The van der Waals surface area contributed by atoms with E-state index < -0.39 is 41.7 Å². The summed E-state index contributed by atoms with van der Waals surface area (Å²) < 4.78 is 57.7. The van der Waals surface area contributed by atoms with Gasteiger partial charge in [-0.25, -0.2) is 9.37 Å². The average Bonchev–Trinajstić information content (AvgIpc) is 3.00. The van der Waals surface area contributed by atoms with E-state index in [0.29, 0.717) is 0 Å². The minimum absolute atomic E-state index is 0.00914. The zero-order valence-electron chi connectivity index (χ0n) is 14.9. The number of hydrogen-bond acceptors (Lipinski definition) is 6. The van der Waals surface area contributed by atoms with Crippen molar-refractivity contribution in [1.29, 1.82) is 0 Å². The highest BCUT2D eigenvalue weighted by Gasteiger charge is 2.35. The Labute approximate surface area is 162 Å². The number of amides is 1. The lowest BCUT2D eigenvalue weighted by atomic mass is 10.1. The van der Waals surface area contributed by atoms with Crippen LogP contribution in [0.25, 0.3) is 0 Å². The number of aromatic hydroxyl groups is 1. The number of alkyl halides is 4. The molecule has 0 spiro atoms. The molecular weight excluding hydrogens is 398 g/mol. The molecule has 2 heterocycles.